The third-order valence-corrected chi connectivity index (χ3v) is 6.07. The van der Waals surface area contributed by atoms with Gasteiger partial charge < -0.3 is 25.7 Å². The van der Waals surface area contributed by atoms with Crippen molar-refractivity contribution in [1.29, 1.82) is 0 Å². The molecule has 0 spiro atoms. The lowest BCUT2D eigenvalue weighted by atomic mass is 10.1. The second-order valence-corrected chi connectivity index (χ2v) is 8.71. The van der Waals surface area contributed by atoms with Gasteiger partial charge in [0.2, 0.25) is 5.91 Å². The Balaban J connectivity index is 1.46. The Morgan fingerprint density at radius 2 is 2.18 bits per heavy atom. The highest BCUT2D eigenvalue weighted by Crippen LogP contribution is 2.29. The number of likely N-dealkylation sites (tertiary alicyclic amines) is 1. The van der Waals surface area contributed by atoms with Gasteiger partial charge >= 0.3 is 0 Å². The summed E-state index contributed by atoms with van der Waals surface area (Å²) in [5, 5.41) is 8.80. The van der Waals surface area contributed by atoms with Crippen molar-refractivity contribution in [2.75, 3.05) is 26.8 Å². The summed E-state index contributed by atoms with van der Waals surface area (Å²) in [5.41, 5.74) is 8.85. The van der Waals surface area contributed by atoms with Gasteiger partial charge in [0.25, 0.3) is 5.91 Å². The highest BCUT2D eigenvalue weighted by atomic mass is 35.5. The van der Waals surface area contributed by atoms with E-state index in [1.54, 1.807) is 21.8 Å². The number of halogens is 1. The van der Waals surface area contributed by atoms with E-state index in [1.807, 2.05) is 19.2 Å². The first-order valence-electron chi connectivity index (χ1n) is 10.7. The summed E-state index contributed by atoms with van der Waals surface area (Å²) in [6, 6.07) is 4.61. The maximum absolute atomic E-state index is 13.1. The largest absolute Gasteiger partial charge is 0.382 e. The van der Waals surface area contributed by atoms with Crippen molar-refractivity contribution >= 4 is 45.5 Å². The number of aromatic amines is 1. The molecule has 1 saturated heterocycles. The molecule has 176 valence electrons. The number of aryl methyl sites for hydroxylation is 1. The van der Waals surface area contributed by atoms with E-state index < -0.39 is 11.9 Å². The van der Waals surface area contributed by atoms with E-state index in [0.717, 1.165) is 10.9 Å². The van der Waals surface area contributed by atoms with Crippen LogP contribution in [0.1, 0.15) is 10.4 Å². The van der Waals surface area contributed by atoms with Gasteiger partial charge in [-0.3, -0.25) is 14.3 Å². The monoisotopic (exact) mass is 482 g/mol. The van der Waals surface area contributed by atoms with Crippen LogP contribution in [0.3, 0.4) is 0 Å². The van der Waals surface area contributed by atoms with Crippen molar-refractivity contribution in [3.63, 3.8) is 0 Å². The van der Waals surface area contributed by atoms with Crippen LogP contribution in [0, 0.1) is 0 Å². The van der Waals surface area contributed by atoms with E-state index in [9.17, 15) is 9.59 Å². The van der Waals surface area contributed by atoms with Crippen molar-refractivity contribution in [1.82, 2.24) is 34.9 Å². The quantitative estimate of drug-likeness (QED) is 0.373. The first kappa shape index (κ1) is 22.3. The molecule has 0 aliphatic carbocycles. The average molecular weight is 483 g/mol. The average Bonchev–Trinajstić information content (AvgIpc) is 3.36. The Morgan fingerprint density at radius 1 is 1.38 bits per heavy atom. The molecule has 0 radical (unpaired) electrons. The van der Waals surface area contributed by atoms with Crippen molar-refractivity contribution in [2.45, 2.75) is 12.1 Å². The minimum absolute atomic E-state index is 0.0381. The number of nitrogens with two attached hydrogens (primary N) is 1. The van der Waals surface area contributed by atoms with Crippen LogP contribution in [0.25, 0.3) is 33.5 Å². The van der Waals surface area contributed by atoms with Crippen molar-refractivity contribution in [3.8, 4) is 11.4 Å². The predicted molar refractivity (Wildman–Crippen MR) is 126 cm³/mol. The SMILES string of the molecule is COC[C@@H](NC(=O)c1c[nH]c2ncc(-c3nn(C)c4cc(Cl)ccc34)nc12)C(=O)N1CC(N)C1. The molecule has 4 N–H and O–H groups in total. The van der Waals surface area contributed by atoms with Gasteiger partial charge in [-0.1, -0.05) is 11.6 Å². The Morgan fingerprint density at radius 3 is 2.91 bits per heavy atom. The molecule has 1 atom stereocenters. The lowest BCUT2D eigenvalue weighted by Gasteiger charge is -2.38. The molecule has 11 nitrogen and oxygen atoms in total. The van der Waals surface area contributed by atoms with E-state index in [2.05, 4.69) is 25.4 Å². The van der Waals surface area contributed by atoms with Crippen LogP contribution in [-0.2, 0) is 16.6 Å². The fraction of sp³-hybridized carbons (Fsp3) is 0.318. The number of hydrogen-bond acceptors (Lipinski definition) is 7. The Bertz CT molecular complexity index is 1410. The molecule has 2 amide bonds. The van der Waals surface area contributed by atoms with Crippen LogP contribution >= 0.6 is 11.6 Å². The van der Waals surface area contributed by atoms with Gasteiger partial charge in [0, 0.05) is 49.9 Å². The molecule has 1 fully saturated rings. The fourth-order valence-corrected chi connectivity index (χ4v) is 4.26. The first-order valence-corrected chi connectivity index (χ1v) is 11.0. The van der Waals surface area contributed by atoms with Crippen molar-refractivity contribution in [2.24, 2.45) is 12.8 Å². The Hall–Kier alpha value is -3.54. The maximum atomic E-state index is 13.1. The number of fused-ring (bicyclic) bond motifs is 2. The molecular formula is C22H23ClN8O3. The highest BCUT2D eigenvalue weighted by Gasteiger charge is 2.34. The molecule has 4 heterocycles. The number of benzene rings is 1. The summed E-state index contributed by atoms with van der Waals surface area (Å²) in [7, 11) is 3.29. The number of hydrogen-bond donors (Lipinski definition) is 3. The predicted octanol–water partition coefficient (Wildman–Crippen LogP) is 1.08. The van der Waals surface area contributed by atoms with Gasteiger partial charge in [-0.25, -0.2) is 9.97 Å². The van der Waals surface area contributed by atoms with Crippen molar-refractivity contribution < 1.29 is 14.3 Å². The fourth-order valence-electron chi connectivity index (χ4n) is 4.09. The number of rotatable bonds is 6. The van der Waals surface area contributed by atoms with Gasteiger partial charge in [-0.15, -0.1) is 0 Å². The molecule has 1 aromatic carbocycles. The Labute approximate surface area is 199 Å². The van der Waals surface area contributed by atoms with Crippen LogP contribution in [0.5, 0.6) is 0 Å². The summed E-state index contributed by atoms with van der Waals surface area (Å²) < 4.78 is 6.87. The molecule has 5 rings (SSSR count). The number of carbonyl (C=O) groups is 2. The summed E-state index contributed by atoms with van der Waals surface area (Å²) in [6.07, 6.45) is 3.12. The molecule has 34 heavy (non-hydrogen) atoms. The smallest absolute Gasteiger partial charge is 0.255 e. The zero-order valence-electron chi connectivity index (χ0n) is 18.6. The zero-order valence-corrected chi connectivity index (χ0v) is 19.3. The minimum atomic E-state index is -0.837. The number of nitrogens with zero attached hydrogens (tertiary/aromatic N) is 5. The normalized spacial score (nSPS) is 15.0. The lowest BCUT2D eigenvalue weighted by Crippen LogP contribution is -2.62. The Kier molecular flexibility index (Phi) is 5.68. The summed E-state index contributed by atoms with van der Waals surface area (Å²) in [4.78, 5) is 39.5. The third kappa shape index (κ3) is 3.87. The van der Waals surface area contributed by atoms with Crippen LogP contribution in [0.2, 0.25) is 5.02 Å². The molecule has 4 aromatic rings. The standard InChI is InChI=1S/C22H23ClN8O3/c1-30-17-5-11(23)3-4-13(17)18(29-30)15-7-26-20-19(27-15)14(6-25-20)21(32)28-16(10-34-2)22(33)31-8-12(24)9-31/h3-7,12,16H,8-10,24H2,1-2H3,(H,25,26)(H,28,32)/t16-/m1/s1. The van der Waals surface area contributed by atoms with E-state index in [1.165, 1.54) is 13.3 Å². The first-order chi connectivity index (χ1) is 16.4. The molecule has 0 unspecified atom stereocenters. The van der Waals surface area contributed by atoms with E-state index >= 15 is 0 Å². The van der Waals surface area contributed by atoms with Gasteiger partial charge in [0.1, 0.15) is 22.9 Å². The number of aromatic nitrogens is 5. The molecular weight excluding hydrogens is 460 g/mol. The summed E-state index contributed by atoms with van der Waals surface area (Å²) >= 11 is 6.13. The van der Waals surface area contributed by atoms with Crippen LogP contribution in [-0.4, -0.2) is 80.3 Å². The van der Waals surface area contributed by atoms with Gasteiger partial charge in [-0.2, -0.15) is 5.10 Å². The summed E-state index contributed by atoms with van der Waals surface area (Å²) in [5.74, 6) is -0.697. The van der Waals surface area contributed by atoms with Gasteiger partial charge in [-0.05, 0) is 18.2 Å². The van der Waals surface area contributed by atoms with Crippen LogP contribution < -0.4 is 11.1 Å². The van der Waals surface area contributed by atoms with E-state index in [-0.39, 0.29) is 24.1 Å². The van der Waals surface area contributed by atoms with Gasteiger partial charge in [0.05, 0.1) is 23.9 Å². The molecule has 3 aromatic heterocycles. The number of ether oxygens (including phenoxy) is 1. The topological polar surface area (TPSA) is 144 Å². The van der Waals surface area contributed by atoms with Gasteiger partial charge in [0.15, 0.2) is 5.65 Å². The summed E-state index contributed by atoms with van der Waals surface area (Å²) in [6.45, 7) is 0.957. The molecule has 0 saturated carbocycles. The highest BCUT2D eigenvalue weighted by molar-refractivity contribution is 6.31. The number of H-pyrrole nitrogens is 1. The maximum Gasteiger partial charge on any atom is 0.255 e. The molecule has 0 bridgehead atoms. The van der Waals surface area contributed by atoms with E-state index in [0.29, 0.717) is 40.7 Å². The molecule has 12 heteroatoms. The lowest BCUT2D eigenvalue weighted by molar-refractivity contribution is -0.138. The molecule has 1 aliphatic rings. The molecule has 1 aliphatic heterocycles. The number of methoxy groups -OCH3 is 1. The zero-order chi connectivity index (χ0) is 24.0. The second-order valence-electron chi connectivity index (χ2n) is 8.27. The van der Waals surface area contributed by atoms with Crippen molar-refractivity contribution in [3.05, 3.63) is 41.2 Å². The minimum Gasteiger partial charge on any atom is -0.382 e. The van der Waals surface area contributed by atoms with Crippen LogP contribution in [0.4, 0.5) is 0 Å². The van der Waals surface area contributed by atoms with Crippen LogP contribution in [0.15, 0.2) is 30.6 Å². The number of carbonyl (C=O) groups excluding carboxylic acids is 2. The number of amides is 2. The second kappa shape index (κ2) is 8.67. The third-order valence-electron chi connectivity index (χ3n) is 5.84. The van der Waals surface area contributed by atoms with E-state index in [4.69, 9.17) is 22.1 Å². The number of nitrogens with one attached hydrogen (secondary N) is 2.